The van der Waals surface area contributed by atoms with E-state index in [-0.39, 0.29) is 5.78 Å². The largest absolute Gasteiger partial charge is 0.458 e. The van der Waals surface area contributed by atoms with Crippen LogP contribution >= 0.6 is 0 Å². The number of benzene rings is 1. The number of hydrazone groups is 1. The number of rotatable bonds is 4. The molecule has 3 rings (SSSR count). The second-order valence-electron chi connectivity index (χ2n) is 4.96. The third kappa shape index (κ3) is 2.64. The summed E-state index contributed by atoms with van der Waals surface area (Å²) in [6, 6.07) is 11.6. The first-order valence-electron chi connectivity index (χ1n) is 6.71. The molecule has 102 valence electrons. The van der Waals surface area contributed by atoms with Crippen LogP contribution < -0.4 is 5.43 Å². The quantitative estimate of drug-likeness (QED) is 0.862. The number of carbonyl (C=O) groups is 1. The molecule has 0 aliphatic carbocycles. The Bertz CT molecular complexity index is 671. The Morgan fingerprint density at radius 2 is 2.15 bits per heavy atom. The van der Waals surface area contributed by atoms with Crippen molar-refractivity contribution in [2.24, 2.45) is 5.10 Å². The Kier molecular flexibility index (Phi) is 3.37. The molecule has 0 amide bonds. The minimum Gasteiger partial charge on any atom is -0.458 e. The molecule has 1 aromatic carbocycles. The zero-order valence-corrected chi connectivity index (χ0v) is 11.3. The molecule has 0 spiro atoms. The average molecular weight is 268 g/mol. The number of furan rings is 1. The van der Waals surface area contributed by atoms with Crippen molar-refractivity contribution in [1.82, 2.24) is 0 Å². The van der Waals surface area contributed by atoms with E-state index < -0.39 is 0 Å². The molecule has 4 heteroatoms. The van der Waals surface area contributed by atoms with Gasteiger partial charge in [0, 0.05) is 18.6 Å². The second kappa shape index (κ2) is 5.33. The molecule has 4 nitrogen and oxygen atoms in total. The van der Waals surface area contributed by atoms with Crippen molar-refractivity contribution in [3.8, 4) is 0 Å². The monoisotopic (exact) mass is 268 g/mol. The lowest BCUT2D eigenvalue weighted by molar-refractivity contribution is 0.0956. The maximum atomic E-state index is 12.0. The zero-order chi connectivity index (χ0) is 13.9. The summed E-state index contributed by atoms with van der Waals surface area (Å²) in [7, 11) is 0. The number of ketones is 1. The first-order chi connectivity index (χ1) is 9.72. The molecule has 0 bridgehead atoms. The van der Waals surface area contributed by atoms with E-state index in [9.17, 15) is 4.79 Å². The third-order valence-corrected chi connectivity index (χ3v) is 3.40. The van der Waals surface area contributed by atoms with Gasteiger partial charge in [0.15, 0.2) is 11.5 Å². The van der Waals surface area contributed by atoms with E-state index in [0.29, 0.717) is 18.6 Å². The van der Waals surface area contributed by atoms with Gasteiger partial charge < -0.3 is 4.42 Å². The molecule has 0 fully saturated rings. The fourth-order valence-electron chi connectivity index (χ4n) is 2.29. The van der Waals surface area contributed by atoms with Crippen molar-refractivity contribution < 1.29 is 9.21 Å². The molecule has 20 heavy (non-hydrogen) atoms. The first kappa shape index (κ1) is 12.7. The highest BCUT2D eigenvalue weighted by Gasteiger charge is 2.15. The highest BCUT2D eigenvalue weighted by atomic mass is 16.3. The Balaban J connectivity index is 1.60. The van der Waals surface area contributed by atoms with Crippen molar-refractivity contribution in [2.45, 2.75) is 26.2 Å². The molecule has 1 N–H and O–H groups in total. The van der Waals surface area contributed by atoms with Gasteiger partial charge in [0.25, 0.3) is 0 Å². The van der Waals surface area contributed by atoms with E-state index in [2.05, 4.69) is 16.6 Å². The van der Waals surface area contributed by atoms with E-state index in [1.165, 1.54) is 5.56 Å². The van der Waals surface area contributed by atoms with E-state index in [1.807, 2.05) is 31.2 Å². The van der Waals surface area contributed by atoms with E-state index >= 15 is 0 Å². The normalized spacial score (nSPS) is 13.3. The second-order valence-corrected chi connectivity index (χ2v) is 4.96. The summed E-state index contributed by atoms with van der Waals surface area (Å²) in [4.78, 5) is 12.0. The highest BCUT2D eigenvalue weighted by Crippen LogP contribution is 2.21. The fraction of sp³-hybridized carbons (Fsp3) is 0.250. The summed E-state index contributed by atoms with van der Waals surface area (Å²) in [6.45, 7) is 1.84. The maximum absolute atomic E-state index is 12.0. The molecule has 1 aromatic heterocycles. The number of Topliss-reactive ketones (excluding diaryl/α,β-unsaturated/α-hetero) is 1. The van der Waals surface area contributed by atoms with Gasteiger partial charge in [-0.2, -0.15) is 5.10 Å². The van der Waals surface area contributed by atoms with Crippen molar-refractivity contribution in [1.29, 1.82) is 0 Å². The standard InChI is InChI=1S/C16H16N2O2/c1-11-6-9-16(20-11)15(19)8-7-13-10-12-4-2-3-5-14(12)18-17-13/h2-6,9,18H,7-8,10H2,1H3. The molecule has 0 atom stereocenters. The van der Waals surface area contributed by atoms with Crippen LogP contribution in [0.2, 0.25) is 0 Å². The summed E-state index contributed by atoms with van der Waals surface area (Å²) in [5.74, 6) is 1.23. The molecule has 0 saturated heterocycles. The lowest BCUT2D eigenvalue weighted by Gasteiger charge is -2.16. The van der Waals surface area contributed by atoms with E-state index in [4.69, 9.17) is 4.42 Å². The Morgan fingerprint density at radius 1 is 1.30 bits per heavy atom. The molecule has 0 radical (unpaired) electrons. The molecule has 2 aromatic rings. The van der Waals surface area contributed by atoms with Crippen LogP contribution in [0.4, 0.5) is 5.69 Å². The van der Waals surface area contributed by atoms with Crippen molar-refractivity contribution >= 4 is 17.2 Å². The molecule has 0 unspecified atom stereocenters. The van der Waals surface area contributed by atoms with Gasteiger partial charge in [0.1, 0.15) is 5.76 Å². The number of aryl methyl sites for hydroxylation is 1. The molecule has 1 aliphatic rings. The van der Waals surface area contributed by atoms with Crippen LogP contribution in [0.15, 0.2) is 45.9 Å². The molecule has 1 aliphatic heterocycles. The maximum Gasteiger partial charge on any atom is 0.198 e. The number of carbonyl (C=O) groups excluding carboxylic acids is 1. The summed E-state index contributed by atoms with van der Waals surface area (Å²) >= 11 is 0. The van der Waals surface area contributed by atoms with Gasteiger partial charge in [-0.15, -0.1) is 0 Å². The van der Waals surface area contributed by atoms with Gasteiger partial charge in [-0.05, 0) is 37.1 Å². The number of nitrogens with zero attached hydrogens (tertiary/aromatic N) is 1. The van der Waals surface area contributed by atoms with Crippen LogP contribution in [0.1, 0.15) is 34.7 Å². The number of fused-ring (bicyclic) bond motifs is 1. The van der Waals surface area contributed by atoms with Crippen LogP contribution in [0.3, 0.4) is 0 Å². The third-order valence-electron chi connectivity index (χ3n) is 3.40. The summed E-state index contributed by atoms with van der Waals surface area (Å²) in [6.07, 6.45) is 1.88. The van der Waals surface area contributed by atoms with Gasteiger partial charge in [-0.25, -0.2) is 0 Å². The topological polar surface area (TPSA) is 54.6 Å². The Morgan fingerprint density at radius 3 is 2.95 bits per heavy atom. The molecular formula is C16H16N2O2. The SMILES string of the molecule is Cc1ccc(C(=O)CCC2=NNc3ccccc3C2)o1. The fourth-order valence-corrected chi connectivity index (χ4v) is 2.29. The number of anilines is 1. The van der Waals surface area contributed by atoms with E-state index in [1.54, 1.807) is 6.07 Å². The minimum atomic E-state index is 0.0275. The van der Waals surface area contributed by atoms with Crippen LogP contribution in [-0.2, 0) is 6.42 Å². The van der Waals surface area contributed by atoms with Gasteiger partial charge in [-0.3, -0.25) is 10.2 Å². The van der Waals surface area contributed by atoms with Gasteiger partial charge in [0.05, 0.1) is 5.69 Å². The highest BCUT2D eigenvalue weighted by molar-refractivity contribution is 5.98. The summed E-state index contributed by atoms with van der Waals surface area (Å²) < 4.78 is 5.34. The van der Waals surface area contributed by atoms with Crippen molar-refractivity contribution in [2.75, 3.05) is 5.43 Å². The van der Waals surface area contributed by atoms with Crippen molar-refractivity contribution in [3.63, 3.8) is 0 Å². The van der Waals surface area contributed by atoms with Gasteiger partial charge in [0.2, 0.25) is 0 Å². The molecular weight excluding hydrogens is 252 g/mol. The lowest BCUT2D eigenvalue weighted by Crippen LogP contribution is -2.14. The molecule has 2 heterocycles. The number of hydrogen-bond acceptors (Lipinski definition) is 4. The summed E-state index contributed by atoms with van der Waals surface area (Å²) in [5.41, 5.74) is 6.30. The lowest BCUT2D eigenvalue weighted by atomic mass is 10.0. The van der Waals surface area contributed by atoms with Crippen LogP contribution in [0, 0.1) is 6.92 Å². The number of hydrogen-bond donors (Lipinski definition) is 1. The number of para-hydroxylation sites is 1. The zero-order valence-electron chi connectivity index (χ0n) is 11.3. The van der Waals surface area contributed by atoms with Crippen LogP contribution in [-0.4, -0.2) is 11.5 Å². The van der Waals surface area contributed by atoms with Crippen LogP contribution in [0.25, 0.3) is 0 Å². The van der Waals surface area contributed by atoms with Crippen LogP contribution in [0.5, 0.6) is 0 Å². The first-order valence-corrected chi connectivity index (χ1v) is 6.71. The van der Waals surface area contributed by atoms with Crippen molar-refractivity contribution in [3.05, 3.63) is 53.5 Å². The van der Waals surface area contributed by atoms with E-state index in [0.717, 1.165) is 23.6 Å². The Labute approximate surface area is 117 Å². The predicted molar refractivity (Wildman–Crippen MR) is 78.2 cm³/mol. The predicted octanol–water partition coefficient (Wildman–Crippen LogP) is 3.58. The Hall–Kier alpha value is -2.36. The average Bonchev–Trinajstić information content (AvgIpc) is 2.91. The summed E-state index contributed by atoms with van der Waals surface area (Å²) in [5, 5.41) is 4.33. The smallest absolute Gasteiger partial charge is 0.198 e. The number of nitrogens with one attached hydrogen (secondary N) is 1. The van der Waals surface area contributed by atoms with Gasteiger partial charge >= 0.3 is 0 Å². The molecule has 0 saturated carbocycles. The van der Waals surface area contributed by atoms with Gasteiger partial charge in [-0.1, -0.05) is 18.2 Å². The minimum absolute atomic E-state index is 0.0275.